The molecule has 8 nitrogen and oxygen atoms in total. The van der Waals surface area contributed by atoms with Crippen molar-refractivity contribution >= 4 is 34.6 Å². The maximum absolute atomic E-state index is 11.0. The molecule has 0 atom stereocenters. The number of carbonyl (C=O) groups excluding carboxylic acids is 1. The molecule has 1 amide bonds. The molecule has 0 bridgehead atoms. The predicted octanol–water partition coefficient (Wildman–Crippen LogP) is 1.68. The molecule has 1 aromatic carbocycles. The minimum atomic E-state index is -0.823. The fourth-order valence-electron chi connectivity index (χ4n) is 1.07. The number of nitro benzene ring substituents is 2. The van der Waals surface area contributed by atoms with Gasteiger partial charge in [-0.15, -0.1) is 11.6 Å². The summed E-state index contributed by atoms with van der Waals surface area (Å²) in [6.45, 7) is 0. The minimum absolute atomic E-state index is 0.133. The summed E-state index contributed by atoms with van der Waals surface area (Å²) in [5.41, 5.74) is -1.12. The zero-order valence-electron chi connectivity index (χ0n) is 8.25. The summed E-state index contributed by atoms with van der Waals surface area (Å²) < 4.78 is 0. The van der Waals surface area contributed by atoms with Crippen LogP contribution in [0.5, 0.6) is 0 Å². The minimum Gasteiger partial charge on any atom is -0.319 e. The Bertz CT molecular complexity index is 490. The predicted molar refractivity (Wildman–Crippen MR) is 59.1 cm³/mol. The summed E-state index contributed by atoms with van der Waals surface area (Å²) in [7, 11) is 0. The number of hydrogen-bond donors (Lipinski definition) is 1. The van der Waals surface area contributed by atoms with Gasteiger partial charge in [-0.1, -0.05) is 0 Å². The second kappa shape index (κ2) is 5.21. The molecular weight excluding hydrogens is 254 g/mol. The van der Waals surface area contributed by atoms with Gasteiger partial charge < -0.3 is 5.32 Å². The van der Waals surface area contributed by atoms with Crippen LogP contribution in [0.25, 0.3) is 0 Å². The van der Waals surface area contributed by atoms with E-state index in [9.17, 15) is 25.0 Å². The quantitative estimate of drug-likeness (QED) is 0.502. The molecule has 1 N–H and O–H groups in total. The molecule has 0 saturated heterocycles. The highest BCUT2D eigenvalue weighted by molar-refractivity contribution is 6.29. The van der Waals surface area contributed by atoms with Crippen molar-refractivity contribution in [1.29, 1.82) is 0 Å². The van der Waals surface area contributed by atoms with Crippen molar-refractivity contribution < 1.29 is 14.6 Å². The van der Waals surface area contributed by atoms with Gasteiger partial charge in [-0.3, -0.25) is 25.0 Å². The molecule has 90 valence electrons. The lowest BCUT2D eigenvalue weighted by Gasteiger charge is -2.03. The van der Waals surface area contributed by atoms with Gasteiger partial charge >= 0.3 is 0 Å². The van der Waals surface area contributed by atoms with Crippen LogP contribution in [0, 0.1) is 20.2 Å². The number of nitrogens with zero attached hydrogens (tertiary/aromatic N) is 2. The van der Waals surface area contributed by atoms with Crippen molar-refractivity contribution in [2.24, 2.45) is 0 Å². The lowest BCUT2D eigenvalue weighted by Crippen LogP contribution is -2.13. The number of anilines is 1. The van der Waals surface area contributed by atoms with E-state index in [1.54, 1.807) is 0 Å². The van der Waals surface area contributed by atoms with Crippen molar-refractivity contribution in [2.45, 2.75) is 0 Å². The Kier molecular flexibility index (Phi) is 3.94. The van der Waals surface area contributed by atoms with E-state index >= 15 is 0 Å². The van der Waals surface area contributed by atoms with Crippen molar-refractivity contribution in [3.05, 3.63) is 38.4 Å². The van der Waals surface area contributed by atoms with Gasteiger partial charge in [0.1, 0.15) is 11.6 Å². The fraction of sp³-hybridized carbons (Fsp3) is 0.125. The number of benzene rings is 1. The van der Waals surface area contributed by atoms with Gasteiger partial charge in [0.05, 0.1) is 15.9 Å². The molecule has 0 radical (unpaired) electrons. The molecule has 0 aliphatic rings. The number of carbonyl (C=O) groups is 1. The zero-order chi connectivity index (χ0) is 13.0. The van der Waals surface area contributed by atoms with Gasteiger partial charge in [0.15, 0.2) is 0 Å². The number of nitrogens with one attached hydrogen (secondary N) is 1. The Balaban J connectivity index is 3.17. The van der Waals surface area contributed by atoms with Crippen LogP contribution >= 0.6 is 11.6 Å². The first kappa shape index (κ1) is 12.8. The molecule has 0 spiro atoms. The first-order chi connectivity index (χ1) is 7.95. The number of alkyl halides is 1. The highest BCUT2D eigenvalue weighted by atomic mass is 35.5. The number of amides is 1. The molecule has 0 fully saturated rings. The summed E-state index contributed by atoms with van der Waals surface area (Å²) in [6, 6.07) is 2.90. The van der Waals surface area contributed by atoms with Crippen LogP contribution in [0.15, 0.2) is 18.2 Å². The molecular formula is C8H6ClN3O5. The SMILES string of the molecule is O=C(CCl)Nc1ccc([N+](=O)[O-])cc1[N+](=O)[O-]. The maximum atomic E-state index is 11.0. The summed E-state index contributed by atoms with van der Waals surface area (Å²) in [5, 5.41) is 23.3. The summed E-state index contributed by atoms with van der Waals surface area (Å²) in [4.78, 5) is 30.5. The van der Waals surface area contributed by atoms with Gasteiger partial charge in [0, 0.05) is 6.07 Å². The molecule has 0 heterocycles. The standard InChI is InChI=1S/C8H6ClN3O5/c9-4-8(13)10-6-2-1-5(11(14)15)3-7(6)12(16)17/h1-3H,4H2,(H,10,13). The molecule has 0 unspecified atom stereocenters. The fourth-order valence-corrected chi connectivity index (χ4v) is 1.14. The third-order valence-electron chi connectivity index (χ3n) is 1.78. The second-order valence-corrected chi connectivity index (χ2v) is 3.16. The second-order valence-electron chi connectivity index (χ2n) is 2.90. The Morgan fingerprint density at radius 2 is 1.94 bits per heavy atom. The molecule has 1 aromatic rings. The third kappa shape index (κ3) is 3.11. The van der Waals surface area contributed by atoms with Crippen molar-refractivity contribution in [2.75, 3.05) is 11.2 Å². The summed E-state index contributed by atoms with van der Waals surface area (Å²) in [6.07, 6.45) is 0. The molecule has 0 aliphatic carbocycles. The van der Waals surface area contributed by atoms with Gasteiger partial charge in [-0.05, 0) is 6.07 Å². The Morgan fingerprint density at radius 3 is 2.41 bits per heavy atom. The van der Waals surface area contributed by atoms with Crippen LogP contribution in [0.2, 0.25) is 0 Å². The first-order valence-corrected chi connectivity index (χ1v) is 4.78. The topological polar surface area (TPSA) is 115 Å². The van der Waals surface area contributed by atoms with Gasteiger partial charge in [-0.25, -0.2) is 0 Å². The Hall–Kier alpha value is -2.22. The van der Waals surface area contributed by atoms with Gasteiger partial charge in [0.2, 0.25) is 5.91 Å². The lowest BCUT2D eigenvalue weighted by molar-refractivity contribution is -0.393. The van der Waals surface area contributed by atoms with Gasteiger partial charge in [0.25, 0.3) is 11.4 Å². The van der Waals surface area contributed by atoms with E-state index in [1.165, 1.54) is 0 Å². The lowest BCUT2D eigenvalue weighted by atomic mass is 10.2. The van der Waals surface area contributed by atoms with E-state index in [0.29, 0.717) is 0 Å². The van der Waals surface area contributed by atoms with Crippen molar-refractivity contribution in [3.8, 4) is 0 Å². The molecule has 1 rings (SSSR count). The van der Waals surface area contributed by atoms with Crippen LogP contribution in [0.4, 0.5) is 17.1 Å². The van der Waals surface area contributed by atoms with E-state index in [1.807, 2.05) is 0 Å². The number of hydrogen-bond acceptors (Lipinski definition) is 5. The molecule has 0 aromatic heterocycles. The Labute approximate surface area is 99.5 Å². The summed E-state index contributed by atoms with van der Waals surface area (Å²) in [5.74, 6) is -1.00. The van der Waals surface area contributed by atoms with Crippen LogP contribution in [-0.2, 0) is 4.79 Å². The smallest absolute Gasteiger partial charge is 0.299 e. The number of nitro groups is 2. The van der Waals surface area contributed by atoms with E-state index in [2.05, 4.69) is 5.32 Å². The largest absolute Gasteiger partial charge is 0.319 e. The third-order valence-corrected chi connectivity index (χ3v) is 2.03. The monoisotopic (exact) mass is 259 g/mol. The molecule has 0 aliphatic heterocycles. The average Bonchev–Trinajstić information content (AvgIpc) is 2.28. The molecule has 17 heavy (non-hydrogen) atoms. The Morgan fingerprint density at radius 1 is 1.29 bits per heavy atom. The van der Waals surface area contributed by atoms with Crippen molar-refractivity contribution in [3.63, 3.8) is 0 Å². The van der Waals surface area contributed by atoms with Crippen molar-refractivity contribution in [1.82, 2.24) is 0 Å². The van der Waals surface area contributed by atoms with Gasteiger partial charge in [-0.2, -0.15) is 0 Å². The van der Waals surface area contributed by atoms with E-state index in [-0.39, 0.29) is 11.6 Å². The first-order valence-electron chi connectivity index (χ1n) is 4.24. The average molecular weight is 260 g/mol. The maximum Gasteiger partial charge on any atom is 0.299 e. The summed E-state index contributed by atoms with van der Waals surface area (Å²) >= 11 is 5.23. The van der Waals surface area contributed by atoms with E-state index in [0.717, 1.165) is 18.2 Å². The molecule has 0 saturated carbocycles. The molecule has 9 heteroatoms. The van der Waals surface area contributed by atoms with Crippen LogP contribution < -0.4 is 5.32 Å². The number of non-ortho nitro benzene ring substituents is 1. The van der Waals surface area contributed by atoms with E-state index < -0.39 is 27.1 Å². The van der Waals surface area contributed by atoms with Crippen LogP contribution in [0.1, 0.15) is 0 Å². The van der Waals surface area contributed by atoms with E-state index in [4.69, 9.17) is 11.6 Å². The van der Waals surface area contributed by atoms with Crippen LogP contribution in [-0.4, -0.2) is 21.6 Å². The normalized spacial score (nSPS) is 9.71. The van der Waals surface area contributed by atoms with Crippen LogP contribution in [0.3, 0.4) is 0 Å². The zero-order valence-corrected chi connectivity index (χ0v) is 9.01. The number of rotatable bonds is 4. The highest BCUT2D eigenvalue weighted by Gasteiger charge is 2.20. The highest BCUT2D eigenvalue weighted by Crippen LogP contribution is 2.28. The number of halogens is 1.